The lowest BCUT2D eigenvalue weighted by atomic mass is 9.32. The molecule has 2 aromatic rings. The molecule has 0 spiro atoms. The summed E-state index contributed by atoms with van der Waals surface area (Å²) in [5, 5.41) is 0. The molecule has 10 atom stereocenters. The molecule has 0 bridgehead atoms. The molecule has 0 aromatic carbocycles. The third-order valence-corrected chi connectivity index (χ3v) is 17.4. The van der Waals surface area contributed by atoms with Crippen LogP contribution >= 0.6 is 0 Å². The lowest BCUT2D eigenvalue weighted by Crippen LogP contribution is -2.67. The highest BCUT2D eigenvalue weighted by Gasteiger charge is 2.71. The van der Waals surface area contributed by atoms with Crippen LogP contribution in [0.1, 0.15) is 128 Å². The summed E-state index contributed by atoms with van der Waals surface area (Å²) in [5.41, 5.74) is 6.46. The first kappa shape index (κ1) is 39.2. The van der Waals surface area contributed by atoms with Crippen molar-refractivity contribution < 1.29 is 28.2 Å². The minimum Gasteiger partial charge on any atom is -0.460 e. The van der Waals surface area contributed by atoms with Crippen LogP contribution in [0.4, 0.5) is 0 Å². The van der Waals surface area contributed by atoms with Gasteiger partial charge in [0.25, 0.3) is 0 Å². The predicted octanol–water partition coefficient (Wildman–Crippen LogP) is 9.31. The molecule has 5 aliphatic rings. The highest BCUT2D eigenvalue weighted by molar-refractivity contribution is 5.68. The van der Waals surface area contributed by atoms with Crippen molar-refractivity contribution in [2.24, 2.45) is 56.7 Å². The number of hydrogen-bond donors (Lipinski definition) is 0. The number of carbonyl (C=O) groups excluding carboxylic acids is 2. The first-order chi connectivity index (χ1) is 25.3. The number of fused-ring (bicyclic) bond motifs is 7. The number of esters is 2. The standard InChI is InChI=1S/C48H70N2O4/c1-31(2)36-14-21-48(30-53-41(51)28-49-24-17-32(3)26-34(49)5)23-22-46(10)37(43(36)48)12-13-39-45(9)19-16-40(44(7,8)38(45)15-20-47(39,46)11)54-42(52)29-50-25-18-33(4)27-35(50)6/h17-18,24-27,36-40,43H,1,12-16,19-23,28-30H2,2-11H3/q+2/t36-,37?,38?,39?,40-,43?,45-,46+,47+,48+/m0/s1. The quantitative estimate of drug-likeness (QED) is 0.154. The van der Waals surface area contributed by atoms with Crippen molar-refractivity contribution in [2.75, 3.05) is 6.61 Å². The second-order valence-corrected chi connectivity index (χ2v) is 20.5. The molecule has 6 heteroatoms. The summed E-state index contributed by atoms with van der Waals surface area (Å²) in [7, 11) is 0. The van der Waals surface area contributed by atoms with Gasteiger partial charge in [0.2, 0.25) is 13.1 Å². The van der Waals surface area contributed by atoms with E-state index in [0.717, 1.165) is 43.5 Å². The van der Waals surface area contributed by atoms with E-state index in [-0.39, 0.29) is 58.2 Å². The third-order valence-electron chi connectivity index (χ3n) is 17.4. The molecule has 0 aliphatic heterocycles. The van der Waals surface area contributed by atoms with Crippen LogP contribution in [-0.4, -0.2) is 24.6 Å². The molecule has 2 aromatic heterocycles. The Morgan fingerprint density at radius 2 is 1.37 bits per heavy atom. The van der Waals surface area contributed by atoms with E-state index >= 15 is 0 Å². The van der Waals surface area contributed by atoms with Gasteiger partial charge in [-0.1, -0.05) is 46.8 Å². The van der Waals surface area contributed by atoms with Crippen LogP contribution in [0, 0.1) is 84.4 Å². The van der Waals surface area contributed by atoms with Gasteiger partial charge in [-0.25, -0.2) is 9.59 Å². The number of rotatable bonds is 8. The van der Waals surface area contributed by atoms with Crippen molar-refractivity contribution in [3.63, 3.8) is 0 Å². The number of hydrogen-bond acceptors (Lipinski definition) is 4. The SMILES string of the molecule is C=C(C)[C@@H]1CC[C@]2(COC(=O)C[n+]3ccc(C)cc3C)CC[C@]3(C)C(CCC4[C@@]5(C)CC[C@H](OC(=O)C[n+]6ccc(C)cc6C)C(C)(C)C5CC[C@]43C)C12. The van der Waals surface area contributed by atoms with Gasteiger partial charge in [-0.05, 0) is 142 Å². The summed E-state index contributed by atoms with van der Waals surface area (Å²) >= 11 is 0. The molecular weight excluding hydrogens is 669 g/mol. The summed E-state index contributed by atoms with van der Waals surface area (Å²) in [5.74, 6) is 2.48. The van der Waals surface area contributed by atoms with Crippen molar-refractivity contribution in [3.05, 3.63) is 71.3 Å². The fourth-order valence-electron chi connectivity index (χ4n) is 14.4. The molecule has 5 saturated carbocycles. The number of aryl methyl sites for hydroxylation is 4. The topological polar surface area (TPSA) is 60.4 Å². The molecule has 6 nitrogen and oxygen atoms in total. The average Bonchev–Trinajstić information content (AvgIpc) is 3.48. The Kier molecular flexibility index (Phi) is 10.1. The molecule has 5 fully saturated rings. The molecule has 5 aliphatic carbocycles. The smallest absolute Gasteiger partial charge is 0.372 e. The summed E-state index contributed by atoms with van der Waals surface area (Å²) < 4.78 is 16.8. The highest BCUT2D eigenvalue weighted by Crippen LogP contribution is 2.77. The zero-order valence-electron chi connectivity index (χ0n) is 35.4. The first-order valence-corrected chi connectivity index (χ1v) is 21.3. The van der Waals surface area contributed by atoms with Gasteiger partial charge < -0.3 is 9.47 Å². The zero-order chi connectivity index (χ0) is 39.0. The van der Waals surface area contributed by atoms with E-state index in [0.29, 0.717) is 36.2 Å². The normalized spacial score (nSPS) is 38.0. The van der Waals surface area contributed by atoms with Gasteiger partial charge in [0.1, 0.15) is 6.10 Å². The fourth-order valence-corrected chi connectivity index (χ4v) is 14.4. The van der Waals surface area contributed by atoms with Crippen LogP contribution in [0.15, 0.2) is 48.8 Å². The van der Waals surface area contributed by atoms with Gasteiger partial charge in [0.05, 0.1) is 6.61 Å². The maximum atomic E-state index is 13.4. The number of pyridine rings is 2. The van der Waals surface area contributed by atoms with E-state index in [4.69, 9.17) is 9.47 Å². The third kappa shape index (κ3) is 6.28. The molecule has 0 radical (unpaired) electrons. The Morgan fingerprint density at radius 3 is 1.98 bits per heavy atom. The van der Waals surface area contributed by atoms with Crippen molar-refractivity contribution in [2.45, 2.75) is 153 Å². The van der Waals surface area contributed by atoms with Crippen LogP contribution in [0.2, 0.25) is 0 Å². The molecule has 7 rings (SSSR count). The second-order valence-electron chi connectivity index (χ2n) is 20.5. The van der Waals surface area contributed by atoms with Crippen LogP contribution in [0.25, 0.3) is 0 Å². The van der Waals surface area contributed by atoms with E-state index in [9.17, 15) is 9.59 Å². The summed E-state index contributed by atoms with van der Waals surface area (Å²) in [4.78, 5) is 26.8. The number of ether oxygens (including phenoxy) is 2. The number of nitrogens with zero attached hydrogens (tertiary/aromatic N) is 2. The van der Waals surface area contributed by atoms with E-state index < -0.39 is 0 Å². The molecule has 294 valence electrons. The van der Waals surface area contributed by atoms with Crippen LogP contribution in [0.5, 0.6) is 0 Å². The van der Waals surface area contributed by atoms with E-state index in [1.54, 1.807) is 0 Å². The van der Waals surface area contributed by atoms with Crippen molar-refractivity contribution >= 4 is 11.9 Å². The predicted molar refractivity (Wildman–Crippen MR) is 212 cm³/mol. The minimum atomic E-state index is -0.123. The van der Waals surface area contributed by atoms with E-state index in [1.807, 2.05) is 21.5 Å². The van der Waals surface area contributed by atoms with Gasteiger partial charge in [-0.15, -0.1) is 0 Å². The molecule has 0 saturated heterocycles. The molecule has 54 heavy (non-hydrogen) atoms. The molecule has 0 amide bonds. The lowest BCUT2D eigenvalue weighted by Gasteiger charge is -2.73. The Hall–Kier alpha value is -3.02. The summed E-state index contributed by atoms with van der Waals surface area (Å²) in [6.45, 7) is 29.0. The fraction of sp³-hybridized carbons (Fsp3) is 0.708. The zero-order valence-corrected chi connectivity index (χ0v) is 35.4. The largest absolute Gasteiger partial charge is 0.460 e. The van der Waals surface area contributed by atoms with Gasteiger partial charge in [0.15, 0.2) is 23.8 Å². The van der Waals surface area contributed by atoms with Crippen molar-refractivity contribution in [1.82, 2.24) is 0 Å². The van der Waals surface area contributed by atoms with E-state index in [1.165, 1.54) is 48.8 Å². The Morgan fingerprint density at radius 1 is 0.741 bits per heavy atom. The second kappa shape index (κ2) is 13.9. The van der Waals surface area contributed by atoms with Gasteiger partial charge >= 0.3 is 11.9 Å². The monoisotopic (exact) mass is 739 g/mol. The number of allylic oxidation sites excluding steroid dienone is 1. The average molecular weight is 739 g/mol. The lowest BCUT2D eigenvalue weighted by molar-refractivity contribution is -0.692. The molecular formula is C48H70N2O4+2. The summed E-state index contributed by atoms with van der Waals surface area (Å²) in [6.07, 6.45) is 15.5. The first-order valence-electron chi connectivity index (χ1n) is 21.3. The Balaban J connectivity index is 1.09. The molecule has 0 N–H and O–H groups in total. The Bertz CT molecular complexity index is 1820. The van der Waals surface area contributed by atoms with Crippen LogP contribution in [0.3, 0.4) is 0 Å². The van der Waals surface area contributed by atoms with Crippen molar-refractivity contribution in [3.8, 4) is 0 Å². The van der Waals surface area contributed by atoms with Crippen LogP contribution in [-0.2, 0) is 32.2 Å². The molecule has 2 heterocycles. The van der Waals surface area contributed by atoms with Gasteiger partial charge in [-0.2, -0.15) is 9.13 Å². The minimum absolute atomic E-state index is 0.0279. The van der Waals surface area contributed by atoms with Gasteiger partial charge in [-0.3, -0.25) is 0 Å². The molecule has 4 unspecified atom stereocenters. The van der Waals surface area contributed by atoms with E-state index in [2.05, 4.69) is 100 Å². The van der Waals surface area contributed by atoms with Gasteiger partial charge in [0, 0.05) is 48.9 Å². The maximum Gasteiger partial charge on any atom is 0.372 e. The number of aromatic nitrogens is 2. The van der Waals surface area contributed by atoms with Crippen LogP contribution < -0.4 is 9.13 Å². The summed E-state index contributed by atoms with van der Waals surface area (Å²) in [6, 6.07) is 8.37. The Labute approximate surface area is 326 Å². The number of carbonyl (C=O) groups is 2. The van der Waals surface area contributed by atoms with Crippen molar-refractivity contribution in [1.29, 1.82) is 0 Å². The highest BCUT2D eigenvalue weighted by atomic mass is 16.5. The maximum absolute atomic E-state index is 13.4.